The number of rotatable bonds is 3. The van der Waals surface area contributed by atoms with Crippen LogP contribution in [0.3, 0.4) is 0 Å². The molecule has 0 saturated carbocycles. The fourth-order valence-electron chi connectivity index (χ4n) is 2.80. The summed E-state index contributed by atoms with van der Waals surface area (Å²) in [4.78, 5) is 36.2. The molecule has 2 aromatic carbocycles. The molecule has 0 spiro atoms. The van der Waals surface area contributed by atoms with E-state index < -0.39 is 17.4 Å². The molecule has 2 heterocycles. The maximum atomic E-state index is 12.6. The highest BCUT2D eigenvalue weighted by Gasteiger charge is 2.18. The van der Waals surface area contributed by atoms with Gasteiger partial charge in [-0.3, -0.25) is 9.59 Å². The van der Waals surface area contributed by atoms with E-state index in [-0.39, 0.29) is 11.1 Å². The molecular weight excluding hydrogens is 352 g/mol. The monoisotopic (exact) mass is 364 g/mol. The van der Waals surface area contributed by atoms with Gasteiger partial charge in [0.25, 0.3) is 11.8 Å². The van der Waals surface area contributed by atoms with Crippen LogP contribution in [0, 0.1) is 0 Å². The lowest BCUT2D eigenvalue weighted by Gasteiger charge is -2.06. The summed E-state index contributed by atoms with van der Waals surface area (Å²) in [7, 11) is 0. The van der Waals surface area contributed by atoms with Crippen molar-refractivity contribution in [2.24, 2.45) is 5.73 Å². The third kappa shape index (κ3) is 2.64. The second-order valence-corrected chi connectivity index (χ2v) is 6.54. The molecule has 6 nitrogen and oxygen atoms in total. The summed E-state index contributed by atoms with van der Waals surface area (Å²) < 4.78 is 5.31. The lowest BCUT2D eigenvalue weighted by molar-refractivity contribution is 0.100. The number of fused-ring (bicyclic) bond motifs is 3. The molecule has 0 atom stereocenters. The van der Waals surface area contributed by atoms with Crippen LogP contribution in [0.25, 0.3) is 21.7 Å². The molecule has 0 aliphatic rings. The van der Waals surface area contributed by atoms with Crippen molar-refractivity contribution in [3.63, 3.8) is 0 Å². The molecule has 4 aromatic rings. The Bertz CT molecular complexity index is 1240. The van der Waals surface area contributed by atoms with E-state index >= 15 is 0 Å². The maximum Gasteiger partial charge on any atom is 0.349 e. The molecule has 0 saturated heterocycles. The summed E-state index contributed by atoms with van der Waals surface area (Å²) in [6.45, 7) is 0. The average molecular weight is 364 g/mol. The van der Waals surface area contributed by atoms with E-state index in [1.165, 1.54) is 12.1 Å². The van der Waals surface area contributed by atoms with Gasteiger partial charge in [-0.2, -0.15) is 0 Å². The van der Waals surface area contributed by atoms with E-state index in [2.05, 4.69) is 5.32 Å². The molecule has 128 valence electrons. The Morgan fingerprint density at radius 2 is 1.81 bits per heavy atom. The van der Waals surface area contributed by atoms with Crippen LogP contribution in [0.2, 0.25) is 0 Å². The third-order valence-electron chi connectivity index (χ3n) is 4.04. The lowest BCUT2D eigenvalue weighted by atomic mass is 10.0. The smallest absolute Gasteiger partial charge is 0.349 e. The molecule has 0 fully saturated rings. The van der Waals surface area contributed by atoms with Gasteiger partial charge in [0.1, 0.15) is 16.1 Å². The molecule has 3 N–H and O–H groups in total. The van der Waals surface area contributed by atoms with Crippen molar-refractivity contribution in [3.05, 3.63) is 75.5 Å². The Morgan fingerprint density at radius 3 is 2.62 bits per heavy atom. The largest absolute Gasteiger partial charge is 0.422 e. The number of hydrogen-bond donors (Lipinski definition) is 2. The number of primary amides is 1. The summed E-state index contributed by atoms with van der Waals surface area (Å²) in [6.07, 6.45) is 0. The highest BCUT2D eigenvalue weighted by atomic mass is 32.1. The van der Waals surface area contributed by atoms with Crippen molar-refractivity contribution in [1.82, 2.24) is 0 Å². The van der Waals surface area contributed by atoms with Crippen LogP contribution < -0.4 is 16.7 Å². The molecule has 0 bridgehead atoms. The van der Waals surface area contributed by atoms with E-state index in [1.807, 2.05) is 30.3 Å². The molecule has 2 aromatic heterocycles. The van der Waals surface area contributed by atoms with Gasteiger partial charge in [-0.15, -0.1) is 11.3 Å². The van der Waals surface area contributed by atoms with Gasteiger partial charge in [-0.25, -0.2) is 4.79 Å². The number of benzene rings is 2. The number of thiophene rings is 1. The zero-order valence-electron chi connectivity index (χ0n) is 13.3. The Hall–Kier alpha value is -3.45. The molecule has 7 heteroatoms. The highest BCUT2D eigenvalue weighted by Crippen LogP contribution is 2.26. The Morgan fingerprint density at radius 1 is 1.00 bits per heavy atom. The van der Waals surface area contributed by atoms with Crippen LogP contribution in [-0.4, -0.2) is 11.8 Å². The first-order valence-electron chi connectivity index (χ1n) is 7.69. The summed E-state index contributed by atoms with van der Waals surface area (Å²) in [5.74, 6) is -1.31. The van der Waals surface area contributed by atoms with Crippen LogP contribution in [0.1, 0.15) is 20.7 Å². The van der Waals surface area contributed by atoms with Crippen molar-refractivity contribution in [1.29, 1.82) is 0 Å². The molecule has 26 heavy (non-hydrogen) atoms. The molecule has 4 rings (SSSR count). The zero-order valence-corrected chi connectivity index (χ0v) is 14.1. The van der Waals surface area contributed by atoms with E-state index in [0.717, 1.165) is 22.1 Å². The van der Waals surface area contributed by atoms with Gasteiger partial charge in [0.05, 0.1) is 5.56 Å². The summed E-state index contributed by atoms with van der Waals surface area (Å²) in [5.41, 5.74) is 4.98. The van der Waals surface area contributed by atoms with Crippen molar-refractivity contribution < 1.29 is 14.0 Å². The van der Waals surface area contributed by atoms with Gasteiger partial charge in [0, 0.05) is 5.39 Å². The maximum absolute atomic E-state index is 12.6. The number of carbonyl (C=O) groups excluding carboxylic acids is 2. The highest BCUT2D eigenvalue weighted by molar-refractivity contribution is 7.14. The fraction of sp³-hybridized carbons (Fsp3) is 0. The van der Waals surface area contributed by atoms with Gasteiger partial charge in [-0.05, 0) is 34.4 Å². The second kappa shape index (κ2) is 6.12. The predicted molar refractivity (Wildman–Crippen MR) is 101 cm³/mol. The number of anilines is 1. The quantitative estimate of drug-likeness (QED) is 0.430. The van der Waals surface area contributed by atoms with Gasteiger partial charge >= 0.3 is 5.63 Å². The zero-order chi connectivity index (χ0) is 18.3. The number of nitrogens with two attached hydrogens (primary N) is 1. The van der Waals surface area contributed by atoms with Crippen LogP contribution in [0.4, 0.5) is 5.00 Å². The number of nitrogens with one attached hydrogen (secondary N) is 1. The SMILES string of the molecule is NC(=O)c1ccsc1NC(=O)c1cc2c(ccc3ccccc32)oc1=O. The molecule has 0 radical (unpaired) electrons. The van der Waals surface area contributed by atoms with E-state index in [0.29, 0.717) is 16.0 Å². The minimum atomic E-state index is -0.748. The number of carbonyl (C=O) groups is 2. The van der Waals surface area contributed by atoms with E-state index in [4.69, 9.17) is 10.2 Å². The second-order valence-electron chi connectivity index (χ2n) is 5.63. The normalized spacial score (nSPS) is 10.9. The Balaban J connectivity index is 1.83. The lowest BCUT2D eigenvalue weighted by Crippen LogP contribution is -2.22. The van der Waals surface area contributed by atoms with Gasteiger partial charge in [-0.1, -0.05) is 30.3 Å². The predicted octanol–water partition coefficient (Wildman–Crippen LogP) is 3.36. The van der Waals surface area contributed by atoms with Crippen LogP contribution in [-0.2, 0) is 0 Å². The van der Waals surface area contributed by atoms with E-state index in [1.54, 1.807) is 11.4 Å². The number of hydrogen-bond acceptors (Lipinski definition) is 5. The summed E-state index contributed by atoms with van der Waals surface area (Å²) in [6, 6.07) is 14.2. The minimum Gasteiger partial charge on any atom is -0.422 e. The molecule has 0 unspecified atom stereocenters. The Kier molecular flexibility index (Phi) is 3.78. The van der Waals surface area contributed by atoms with Crippen molar-refractivity contribution in [3.8, 4) is 0 Å². The first kappa shape index (κ1) is 16.0. The topological polar surface area (TPSA) is 102 Å². The van der Waals surface area contributed by atoms with Crippen molar-refractivity contribution in [2.45, 2.75) is 0 Å². The third-order valence-corrected chi connectivity index (χ3v) is 4.87. The fourth-order valence-corrected chi connectivity index (χ4v) is 3.59. The number of amides is 2. The van der Waals surface area contributed by atoms with Crippen LogP contribution in [0.5, 0.6) is 0 Å². The van der Waals surface area contributed by atoms with E-state index in [9.17, 15) is 14.4 Å². The van der Waals surface area contributed by atoms with Crippen LogP contribution in [0.15, 0.2) is 63.1 Å². The molecular formula is C19H12N2O4S. The molecule has 0 aliphatic heterocycles. The average Bonchev–Trinajstić information content (AvgIpc) is 3.09. The van der Waals surface area contributed by atoms with Crippen molar-refractivity contribution in [2.75, 3.05) is 5.32 Å². The molecule has 0 aliphatic carbocycles. The van der Waals surface area contributed by atoms with Gasteiger partial charge < -0.3 is 15.5 Å². The first-order chi connectivity index (χ1) is 12.5. The summed E-state index contributed by atoms with van der Waals surface area (Å²) >= 11 is 1.15. The molecule has 2 amide bonds. The minimum absolute atomic E-state index is 0.141. The first-order valence-corrected chi connectivity index (χ1v) is 8.57. The summed E-state index contributed by atoms with van der Waals surface area (Å²) in [5, 5.41) is 6.98. The Labute approximate surface area is 150 Å². The standard InChI is InChI=1S/C19H12N2O4S/c20-16(22)12-7-8-26-18(12)21-17(23)14-9-13-11-4-2-1-3-10(11)5-6-15(13)25-19(14)24/h1-9H,(H2,20,22)(H,21,23). The van der Waals surface area contributed by atoms with Crippen LogP contribution >= 0.6 is 11.3 Å². The van der Waals surface area contributed by atoms with Crippen molar-refractivity contribution >= 4 is 49.9 Å². The van der Waals surface area contributed by atoms with Gasteiger partial charge in [0.2, 0.25) is 0 Å². The van der Waals surface area contributed by atoms with Gasteiger partial charge in [0.15, 0.2) is 0 Å².